The molecule has 1 saturated heterocycles. The van der Waals surface area contributed by atoms with Crippen LogP contribution in [-0.2, 0) is 13.0 Å². The van der Waals surface area contributed by atoms with Gasteiger partial charge in [-0.15, -0.1) is 0 Å². The number of likely N-dealkylation sites (tertiary alicyclic amines) is 1. The molecule has 2 aromatic heterocycles. The lowest BCUT2D eigenvalue weighted by atomic mass is 9.96. The van der Waals surface area contributed by atoms with Gasteiger partial charge in [0.2, 0.25) is 0 Å². The van der Waals surface area contributed by atoms with Crippen LogP contribution in [0.25, 0.3) is 0 Å². The van der Waals surface area contributed by atoms with Crippen molar-refractivity contribution < 1.29 is 4.79 Å². The maximum atomic E-state index is 12.9. The number of carbonyl (C=O) groups is 1. The van der Waals surface area contributed by atoms with Gasteiger partial charge in [-0.2, -0.15) is 0 Å². The van der Waals surface area contributed by atoms with Gasteiger partial charge in [0.25, 0.3) is 5.91 Å². The molecule has 7 nitrogen and oxygen atoms in total. The number of hydrogen-bond donors (Lipinski definition) is 0. The van der Waals surface area contributed by atoms with Crippen molar-refractivity contribution in [3.63, 3.8) is 0 Å². The third-order valence-corrected chi connectivity index (χ3v) is 5.09. The number of hydrogen-bond acceptors (Lipinski definition) is 5. The van der Waals surface area contributed by atoms with Crippen LogP contribution in [-0.4, -0.2) is 69.0 Å². The van der Waals surface area contributed by atoms with E-state index in [4.69, 9.17) is 0 Å². The second-order valence-electron chi connectivity index (χ2n) is 7.47. The molecule has 0 radical (unpaired) electrons. The molecule has 0 aromatic carbocycles. The fourth-order valence-corrected chi connectivity index (χ4v) is 3.63. The van der Waals surface area contributed by atoms with E-state index >= 15 is 0 Å². The SMILES string of the molecule is CCc1ncc(C(=O)N2CCCC(c3nccn3CCCN(C)C)C2)cn1. The van der Waals surface area contributed by atoms with Crippen molar-refractivity contribution in [3.8, 4) is 0 Å². The van der Waals surface area contributed by atoms with E-state index in [1.54, 1.807) is 12.4 Å². The van der Waals surface area contributed by atoms with Gasteiger partial charge >= 0.3 is 0 Å². The predicted octanol–water partition coefficient (Wildman–Crippen LogP) is 2.21. The number of amides is 1. The Bertz CT molecular complexity index is 739. The third kappa shape index (κ3) is 4.91. The molecule has 1 amide bonds. The number of imidazole rings is 1. The second-order valence-corrected chi connectivity index (χ2v) is 7.47. The number of carbonyl (C=O) groups excluding carboxylic acids is 1. The molecule has 2 aromatic rings. The summed E-state index contributed by atoms with van der Waals surface area (Å²) >= 11 is 0. The van der Waals surface area contributed by atoms with Gasteiger partial charge < -0.3 is 14.4 Å². The highest BCUT2D eigenvalue weighted by Crippen LogP contribution is 2.27. The fraction of sp³-hybridized carbons (Fsp3) is 0.600. The zero-order valence-corrected chi connectivity index (χ0v) is 16.6. The second kappa shape index (κ2) is 9.08. The monoisotopic (exact) mass is 370 g/mol. The van der Waals surface area contributed by atoms with Crippen molar-refractivity contribution >= 4 is 5.91 Å². The maximum absolute atomic E-state index is 12.9. The van der Waals surface area contributed by atoms with Crippen LogP contribution in [0.2, 0.25) is 0 Å². The third-order valence-electron chi connectivity index (χ3n) is 5.09. The van der Waals surface area contributed by atoms with Crippen molar-refractivity contribution in [2.45, 2.75) is 45.1 Å². The Balaban J connectivity index is 1.65. The Morgan fingerprint density at radius 3 is 2.74 bits per heavy atom. The molecule has 1 aliphatic rings. The van der Waals surface area contributed by atoms with Crippen LogP contribution in [0, 0.1) is 0 Å². The minimum Gasteiger partial charge on any atom is -0.338 e. The fourth-order valence-electron chi connectivity index (χ4n) is 3.63. The van der Waals surface area contributed by atoms with Crippen molar-refractivity contribution in [1.82, 2.24) is 29.3 Å². The number of aromatic nitrogens is 4. The first kappa shape index (κ1) is 19.5. The predicted molar refractivity (Wildman–Crippen MR) is 105 cm³/mol. The molecule has 3 heterocycles. The molecular weight excluding hydrogens is 340 g/mol. The van der Waals surface area contributed by atoms with Crippen LogP contribution in [0.3, 0.4) is 0 Å². The summed E-state index contributed by atoms with van der Waals surface area (Å²) < 4.78 is 2.25. The lowest BCUT2D eigenvalue weighted by Crippen LogP contribution is -2.40. The van der Waals surface area contributed by atoms with Gasteiger partial charge in [0, 0.05) is 56.8 Å². The first-order chi connectivity index (χ1) is 13.1. The van der Waals surface area contributed by atoms with E-state index in [9.17, 15) is 4.79 Å². The van der Waals surface area contributed by atoms with Crippen LogP contribution in [0.4, 0.5) is 0 Å². The molecule has 27 heavy (non-hydrogen) atoms. The first-order valence-electron chi connectivity index (χ1n) is 9.84. The van der Waals surface area contributed by atoms with Crippen molar-refractivity contribution in [3.05, 3.63) is 42.0 Å². The van der Waals surface area contributed by atoms with Crippen molar-refractivity contribution in [1.29, 1.82) is 0 Å². The zero-order chi connectivity index (χ0) is 19.2. The van der Waals surface area contributed by atoms with Gasteiger partial charge in [0.1, 0.15) is 11.6 Å². The van der Waals surface area contributed by atoms with Crippen molar-refractivity contribution in [2.24, 2.45) is 0 Å². The van der Waals surface area contributed by atoms with Crippen LogP contribution in [0.5, 0.6) is 0 Å². The maximum Gasteiger partial charge on any atom is 0.257 e. The molecule has 146 valence electrons. The Labute approximate surface area is 161 Å². The summed E-state index contributed by atoms with van der Waals surface area (Å²) in [5.74, 6) is 2.17. The highest BCUT2D eigenvalue weighted by Gasteiger charge is 2.28. The molecule has 0 aliphatic carbocycles. The van der Waals surface area contributed by atoms with Gasteiger partial charge in [-0.1, -0.05) is 6.92 Å². The Kier molecular flexibility index (Phi) is 6.55. The molecule has 3 rings (SSSR count). The average Bonchev–Trinajstić information content (AvgIpc) is 3.16. The van der Waals surface area contributed by atoms with E-state index in [-0.39, 0.29) is 11.8 Å². The highest BCUT2D eigenvalue weighted by molar-refractivity contribution is 5.93. The van der Waals surface area contributed by atoms with Crippen molar-refractivity contribution in [2.75, 3.05) is 33.7 Å². The molecular formula is C20H30N6O. The standard InChI is InChI=1S/C20H30N6O/c1-4-18-22-13-17(14-23-18)20(27)26-10-5-7-16(15-26)19-21-8-12-25(19)11-6-9-24(2)3/h8,12-14,16H,4-7,9-11,15H2,1-3H3. The molecule has 7 heteroatoms. The summed E-state index contributed by atoms with van der Waals surface area (Å²) in [7, 11) is 4.19. The van der Waals surface area contributed by atoms with Crippen LogP contribution in [0.15, 0.2) is 24.8 Å². The number of rotatable bonds is 7. The van der Waals surface area contributed by atoms with Gasteiger partial charge in [-0.25, -0.2) is 15.0 Å². The topological polar surface area (TPSA) is 67.2 Å². The quantitative estimate of drug-likeness (QED) is 0.747. The van der Waals surface area contributed by atoms with Gasteiger partial charge in [0.15, 0.2) is 0 Å². The van der Waals surface area contributed by atoms with Gasteiger partial charge in [-0.3, -0.25) is 4.79 Å². The lowest BCUT2D eigenvalue weighted by Gasteiger charge is -2.32. The average molecular weight is 371 g/mol. The van der Waals surface area contributed by atoms with E-state index in [1.807, 2.05) is 18.0 Å². The molecule has 0 saturated carbocycles. The number of aryl methyl sites for hydroxylation is 2. The number of nitrogens with zero attached hydrogens (tertiary/aromatic N) is 6. The molecule has 1 aliphatic heterocycles. The normalized spacial score (nSPS) is 17.5. The summed E-state index contributed by atoms with van der Waals surface area (Å²) in [6, 6.07) is 0. The summed E-state index contributed by atoms with van der Waals surface area (Å²) in [4.78, 5) is 30.1. The Hall–Kier alpha value is -2.28. The minimum absolute atomic E-state index is 0.0214. The molecule has 0 spiro atoms. The molecule has 1 fully saturated rings. The number of piperidine rings is 1. The van der Waals surface area contributed by atoms with Crippen LogP contribution in [0.1, 0.15) is 54.1 Å². The molecule has 0 bridgehead atoms. The summed E-state index contributed by atoms with van der Waals surface area (Å²) in [6.07, 6.45) is 11.2. The van der Waals surface area contributed by atoms with Gasteiger partial charge in [-0.05, 0) is 39.9 Å². The first-order valence-corrected chi connectivity index (χ1v) is 9.84. The zero-order valence-electron chi connectivity index (χ0n) is 16.6. The van der Waals surface area contributed by atoms with E-state index in [2.05, 4.69) is 44.7 Å². The van der Waals surface area contributed by atoms with E-state index in [1.165, 1.54) is 0 Å². The Morgan fingerprint density at radius 2 is 2.04 bits per heavy atom. The van der Waals surface area contributed by atoms with E-state index < -0.39 is 0 Å². The van der Waals surface area contributed by atoms with E-state index in [0.29, 0.717) is 12.1 Å². The molecule has 0 N–H and O–H groups in total. The summed E-state index contributed by atoms with van der Waals surface area (Å²) in [6.45, 7) is 5.52. The smallest absolute Gasteiger partial charge is 0.257 e. The Morgan fingerprint density at radius 1 is 1.26 bits per heavy atom. The largest absolute Gasteiger partial charge is 0.338 e. The highest BCUT2D eigenvalue weighted by atomic mass is 16.2. The minimum atomic E-state index is 0.0214. The van der Waals surface area contributed by atoms with Crippen LogP contribution >= 0.6 is 0 Å². The van der Waals surface area contributed by atoms with Crippen LogP contribution < -0.4 is 0 Å². The van der Waals surface area contributed by atoms with E-state index in [0.717, 1.165) is 57.0 Å². The van der Waals surface area contributed by atoms with Gasteiger partial charge in [0.05, 0.1) is 5.56 Å². The summed E-state index contributed by atoms with van der Waals surface area (Å²) in [5.41, 5.74) is 0.571. The summed E-state index contributed by atoms with van der Waals surface area (Å²) in [5, 5.41) is 0. The molecule has 1 atom stereocenters. The lowest BCUT2D eigenvalue weighted by molar-refractivity contribution is 0.0702. The molecule has 1 unspecified atom stereocenters.